The quantitative estimate of drug-likeness (QED) is 0.185. The zero-order chi connectivity index (χ0) is 22.9. The summed E-state index contributed by atoms with van der Waals surface area (Å²) in [5, 5.41) is 13.2. The topological polar surface area (TPSA) is 145 Å². The van der Waals surface area contributed by atoms with Crippen LogP contribution in [0, 0.1) is 5.41 Å². The molecular formula is C18H33NO9S. The van der Waals surface area contributed by atoms with Gasteiger partial charge in [0, 0.05) is 31.7 Å². The highest BCUT2D eigenvalue weighted by atomic mass is 32.2. The number of amides is 1. The molecule has 0 fully saturated rings. The SMILES string of the molecule is CCC(=O)OC(CC)OC(=O)[C@](C)(O)C(C)(C)COS(=O)(=O)CCCNC(C)=O. The molecule has 10 nitrogen and oxygen atoms in total. The molecule has 170 valence electrons. The van der Waals surface area contributed by atoms with Crippen molar-refractivity contribution in [2.45, 2.75) is 72.7 Å². The molecule has 11 heteroatoms. The van der Waals surface area contributed by atoms with Gasteiger partial charge in [0.25, 0.3) is 10.1 Å². The normalized spacial score (nSPS) is 15.1. The van der Waals surface area contributed by atoms with Gasteiger partial charge >= 0.3 is 11.9 Å². The van der Waals surface area contributed by atoms with Crippen molar-refractivity contribution in [3.05, 3.63) is 0 Å². The molecule has 0 aromatic heterocycles. The Balaban J connectivity index is 4.91. The number of aliphatic hydroxyl groups is 1. The van der Waals surface area contributed by atoms with E-state index in [0.717, 1.165) is 0 Å². The van der Waals surface area contributed by atoms with Crippen molar-refractivity contribution in [1.82, 2.24) is 5.32 Å². The third-order valence-corrected chi connectivity index (χ3v) is 5.65. The van der Waals surface area contributed by atoms with Crippen molar-refractivity contribution < 1.29 is 41.6 Å². The monoisotopic (exact) mass is 439 g/mol. The van der Waals surface area contributed by atoms with Crippen LogP contribution in [0.2, 0.25) is 0 Å². The van der Waals surface area contributed by atoms with Crippen molar-refractivity contribution in [3.8, 4) is 0 Å². The van der Waals surface area contributed by atoms with Crippen LogP contribution in [0.25, 0.3) is 0 Å². The van der Waals surface area contributed by atoms with Crippen LogP contribution >= 0.6 is 0 Å². The van der Waals surface area contributed by atoms with E-state index in [9.17, 15) is 27.9 Å². The van der Waals surface area contributed by atoms with Gasteiger partial charge in [-0.05, 0) is 13.3 Å². The number of esters is 2. The minimum absolute atomic E-state index is 0.101. The maximum atomic E-state index is 12.4. The van der Waals surface area contributed by atoms with Crippen molar-refractivity contribution in [2.75, 3.05) is 18.9 Å². The number of hydrogen-bond acceptors (Lipinski definition) is 9. The summed E-state index contributed by atoms with van der Waals surface area (Å²) in [6, 6.07) is 0. The minimum atomic E-state index is -3.93. The van der Waals surface area contributed by atoms with Gasteiger partial charge in [-0.15, -0.1) is 0 Å². The van der Waals surface area contributed by atoms with Crippen LogP contribution in [0.3, 0.4) is 0 Å². The van der Waals surface area contributed by atoms with Gasteiger partial charge in [0.1, 0.15) is 0 Å². The van der Waals surface area contributed by atoms with Gasteiger partial charge in [0.15, 0.2) is 5.60 Å². The lowest BCUT2D eigenvalue weighted by Crippen LogP contribution is -2.53. The van der Waals surface area contributed by atoms with Crippen LogP contribution in [-0.4, -0.2) is 62.2 Å². The Morgan fingerprint density at radius 2 is 1.69 bits per heavy atom. The number of hydrogen-bond donors (Lipinski definition) is 2. The highest BCUT2D eigenvalue weighted by Crippen LogP contribution is 2.33. The van der Waals surface area contributed by atoms with Crippen LogP contribution in [-0.2, 0) is 38.2 Å². The minimum Gasteiger partial charge on any atom is -0.425 e. The zero-order valence-corrected chi connectivity index (χ0v) is 18.8. The van der Waals surface area contributed by atoms with E-state index in [1.54, 1.807) is 13.8 Å². The number of rotatable bonds is 13. The Kier molecular flexibility index (Phi) is 10.8. The summed E-state index contributed by atoms with van der Waals surface area (Å²) in [6.07, 6.45) is -0.714. The maximum Gasteiger partial charge on any atom is 0.341 e. The zero-order valence-electron chi connectivity index (χ0n) is 17.9. The second-order valence-electron chi connectivity index (χ2n) is 7.40. The lowest BCUT2D eigenvalue weighted by Gasteiger charge is -2.37. The van der Waals surface area contributed by atoms with Crippen LogP contribution in [0.5, 0.6) is 0 Å². The van der Waals surface area contributed by atoms with Crippen molar-refractivity contribution >= 4 is 28.0 Å². The van der Waals surface area contributed by atoms with Gasteiger partial charge < -0.3 is 19.9 Å². The Morgan fingerprint density at radius 3 is 2.17 bits per heavy atom. The Labute approximate surface area is 172 Å². The molecule has 0 aliphatic heterocycles. The van der Waals surface area contributed by atoms with Gasteiger partial charge in [0.05, 0.1) is 12.4 Å². The molecule has 0 saturated carbocycles. The Morgan fingerprint density at radius 1 is 1.10 bits per heavy atom. The first-order valence-electron chi connectivity index (χ1n) is 9.43. The van der Waals surface area contributed by atoms with Gasteiger partial charge in [-0.25, -0.2) is 4.79 Å². The van der Waals surface area contributed by atoms with Crippen LogP contribution in [0.1, 0.15) is 60.8 Å². The molecule has 0 aliphatic rings. The lowest BCUT2D eigenvalue weighted by atomic mass is 9.76. The molecule has 0 aromatic carbocycles. The fourth-order valence-corrected chi connectivity index (χ4v) is 2.97. The third kappa shape index (κ3) is 9.55. The molecule has 0 rings (SSSR count). The van der Waals surface area contributed by atoms with E-state index in [4.69, 9.17) is 13.7 Å². The number of carbonyl (C=O) groups is 3. The van der Waals surface area contributed by atoms with E-state index in [2.05, 4.69) is 5.32 Å². The first-order valence-corrected chi connectivity index (χ1v) is 11.0. The number of carbonyl (C=O) groups excluding carboxylic acids is 3. The van der Waals surface area contributed by atoms with E-state index in [0.29, 0.717) is 0 Å². The molecule has 29 heavy (non-hydrogen) atoms. The average Bonchev–Trinajstić information content (AvgIpc) is 2.62. The highest BCUT2D eigenvalue weighted by Gasteiger charge is 2.49. The van der Waals surface area contributed by atoms with Crippen molar-refractivity contribution in [1.29, 1.82) is 0 Å². The van der Waals surface area contributed by atoms with Crippen molar-refractivity contribution in [3.63, 3.8) is 0 Å². The summed E-state index contributed by atoms with van der Waals surface area (Å²) in [6.45, 7) is 8.31. The van der Waals surface area contributed by atoms with E-state index in [1.807, 2.05) is 0 Å². The van der Waals surface area contributed by atoms with Gasteiger partial charge in [0.2, 0.25) is 12.2 Å². The molecule has 1 amide bonds. The van der Waals surface area contributed by atoms with Gasteiger partial charge in [-0.3, -0.25) is 13.8 Å². The second-order valence-corrected chi connectivity index (χ2v) is 9.16. The summed E-state index contributed by atoms with van der Waals surface area (Å²) >= 11 is 0. The second kappa shape index (κ2) is 11.5. The summed E-state index contributed by atoms with van der Waals surface area (Å²) < 4.78 is 39.0. The Hall–Kier alpha value is -1.72. The predicted octanol–water partition coefficient (Wildman–Crippen LogP) is 0.869. The largest absolute Gasteiger partial charge is 0.425 e. The molecule has 2 atom stereocenters. The summed E-state index contributed by atoms with van der Waals surface area (Å²) in [5.74, 6) is -2.22. The molecule has 1 unspecified atom stereocenters. The van der Waals surface area contributed by atoms with E-state index in [1.165, 1.54) is 27.7 Å². The summed E-state index contributed by atoms with van der Waals surface area (Å²) in [4.78, 5) is 34.6. The first kappa shape index (κ1) is 27.3. The molecule has 0 radical (unpaired) electrons. The molecule has 0 aromatic rings. The number of nitrogens with one attached hydrogen (secondary N) is 1. The molecule has 2 N–H and O–H groups in total. The smallest absolute Gasteiger partial charge is 0.341 e. The standard InChI is InChI=1S/C18H33NO9S/c1-7-14(21)27-15(8-2)28-16(22)18(6,23)17(4,5)12-26-29(24,25)11-9-10-19-13(3)20/h15,23H,7-12H2,1-6H3,(H,19,20)/t15?,18-/m0/s1. The van der Waals surface area contributed by atoms with E-state index in [-0.39, 0.29) is 37.5 Å². The summed E-state index contributed by atoms with van der Waals surface area (Å²) in [5.41, 5.74) is -3.47. The lowest BCUT2D eigenvalue weighted by molar-refractivity contribution is -0.210. The van der Waals surface area contributed by atoms with Gasteiger partial charge in [-0.2, -0.15) is 8.42 Å². The molecule has 0 bridgehead atoms. The molecule has 0 saturated heterocycles. The molecule has 0 heterocycles. The third-order valence-electron chi connectivity index (χ3n) is 4.38. The van der Waals surface area contributed by atoms with Gasteiger partial charge in [-0.1, -0.05) is 27.7 Å². The van der Waals surface area contributed by atoms with Crippen LogP contribution in [0.15, 0.2) is 0 Å². The van der Waals surface area contributed by atoms with E-state index >= 15 is 0 Å². The fourth-order valence-electron chi connectivity index (χ4n) is 1.88. The molecule has 0 spiro atoms. The molecule has 0 aliphatic carbocycles. The van der Waals surface area contributed by atoms with E-state index < -0.39 is 46.0 Å². The predicted molar refractivity (Wildman–Crippen MR) is 104 cm³/mol. The van der Waals surface area contributed by atoms with Crippen LogP contribution < -0.4 is 5.32 Å². The Bertz CT molecular complexity index is 671. The first-order chi connectivity index (χ1) is 13.2. The van der Waals surface area contributed by atoms with Crippen molar-refractivity contribution in [2.24, 2.45) is 5.41 Å². The summed E-state index contributed by atoms with van der Waals surface area (Å²) in [7, 11) is -3.93. The number of ether oxygens (including phenoxy) is 2. The molecular weight excluding hydrogens is 406 g/mol. The maximum absolute atomic E-state index is 12.4. The highest BCUT2D eigenvalue weighted by molar-refractivity contribution is 7.86. The van der Waals surface area contributed by atoms with Crippen LogP contribution in [0.4, 0.5) is 0 Å². The fraction of sp³-hybridized carbons (Fsp3) is 0.833. The average molecular weight is 440 g/mol.